The van der Waals surface area contributed by atoms with Gasteiger partial charge in [0.25, 0.3) is 0 Å². The average Bonchev–Trinajstić information content (AvgIpc) is 3.04. The molecule has 7 nitrogen and oxygen atoms in total. The molecular formula is C20H28N4O3. The molecule has 1 N–H and O–H groups in total. The van der Waals surface area contributed by atoms with E-state index in [0.717, 1.165) is 18.4 Å². The van der Waals surface area contributed by atoms with Crippen molar-refractivity contribution < 1.29 is 9.72 Å². The molecule has 1 amide bonds. The Hall–Kier alpha value is -2.70. The summed E-state index contributed by atoms with van der Waals surface area (Å²) in [6, 6.07) is 8.37. The van der Waals surface area contributed by atoms with E-state index in [-0.39, 0.29) is 24.1 Å². The lowest BCUT2D eigenvalue weighted by molar-refractivity contribution is -0.385. The van der Waals surface area contributed by atoms with Gasteiger partial charge in [0.2, 0.25) is 5.91 Å². The summed E-state index contributed by atoms with van der Waals surface area (Å²) in [7, 11) is 0. The molecule has 0 radical (unpaired) electrons. The molecule has 146 valence electrons. The van der Waals surface area contributed by atoms with E-state index in [9.17, 15) is 14.9 Å². The van der Waals surface area contributed by atoms with Crippen LogP contribution in [0.4, 0.5) is 5.69 Å². The predicted octanol–water partition coefficient (Wildman–Crippen LogP) is 4.27. The van der Waals surface area contributed by atoms with Crippen LogP contribution in [0.1, 0.15) is 68.8 Å². The maximum absolute atomic E-state index is 12.3. The summed E-state index contributed by atoms with van der Waals surface area (Å²) >= 11 is 0. The molecule has 0 saturated carbocycles. The second-order valence-corrected chi connectivity index (χ2v) is 6.85. The Labute approximate surface area is 159 Å². The molecule has 0 aliphatic heterocycles. The number of benzene rings is 1. The van der Waals surface area contributed by atoms with Crippen LogP contribution in [0.3, 0.4) is 0 Å². The zero-order valence-electron chi connectivity index (χ0n) is 16.4. The van der Waals surface area contributed by atoms with Gasteiger partial charge in [-0.05, 0) is 36.8 Å². The van der Waals surface area contributed by atoms with Crippen LogP contribution in [0.2, 0.25) is 0 Å². The molecule has 2 unspecified atom stereocenters. The highest BCUT2D eigenvalue weighted by Gasteiger charge is 2.18. The van der Waals surface area contributed by atoms with Crippen LogP contribution in [0.25, 0.3) is 0 Å². The monoisotopic (exact) mass is 372 g/mol. The molecule has 0 bridgehead atoms. The zero-order valence-corrected chi connectivity index (χ0v) is 16.4. The number of aromatic nitrogens is 2. The first kappa shape index (κ1) is 20.6. The molecule has 2 atom stereocenters. The lowest BCUT2D eigenvalue weighted by Gasteiger charge is -2.19. The van der Waals surface area contributed by atoms with Crippen molar-refractivity contribution in [2.45, 2.75) is 65.5 Å². The minimum Gasteiger partial charge on any atom is -0.349 e. The number of aryl methyl sites for hydroxylation is 1. The van der Waals surface area contributed by atoms with Crippen molar-refractivity contribution in [2.24, 2.45) is 0 Å². The van der Waals surface area contributed by atoms with E-state index in [1.807, 2.05) is 6.92 Å². The van der Waals surface area contributed by atoms with E-state index in [1.165, 1.54) is 16.4 Å². The van der Waals surface area contributed by atoms with E-state index in [4.69, 9.17) is 0 Å². The smallest absolute Gasteiger partial charge is 0.309 e. The molecule has 0 fully saturated rings. The third kappa shape index (κ3) is 5.15. The molecule has 0 aliphatic rings. The Balaban J connectivity index is 1.95. The van der Waals surface area contributed by atoms with Crippen molar-refractivity contribution in [3.05, 3.63) is 57.4 Å². The molecule has 7 heteroatoms. The van der Waals surface area contributed by atoms with Gasteiger partial charge >= 0.3 is 5.69 Å². The van der Waals surface area contributed by atoms with Gasteiger partial charge in [-0.1, -0.05) is 45.0 Å². The zero-order chi connectivity index (χ0) is 20.0. The lowest BCUT2D eigenvalue weighted by Crippen LogP contribution is -2.29. The third-order valence-corrected chi connectivity index (χ3v) is 5.09. The van der Waals surface area contributed by atoms with Crippen molar-refractivity contribution >= 4 is 11.6 Å². The Morgan fingerprint density at radius 2 is 1.85 bits per heavy atom. The van der Waals surface area contributed by atoms with Crippen molar-refractivity contribution in [1.29, 1.82) is 0 Å². The summed E-state index contributed by atoms with van der Waals surface area (Å²) in [5.74, 6) is 0.431. The minimum absolute atomic E-state index is 0.0248. The first-order chi connectivity index (χ1) is 12.9. The van der Waals surface area contributed by atoms with Crippen LogP contribution in [0.15, 0.2) is 30.5 Å². The summed E-state index contributed by atoms with van der Waals surface area (Å²) in [6.07, 6.45) is 3.33. The highest BCUT2D eigenvalue weighted by molar-refractivity contribution is 5.76. The van der Waals surface area contributed by atoms with Crippen LogP contribution in [-0.2, 0) is 11.3 Å². The van der Waals surface area contributed by atoms with Gasteiger partial charge < -0.3 is 5.32 Å². The number of rotatable bonds is 9. The molecule has 0 spiro atoms. The highest BCUT2D eigenvalue weighted by atomic mass is 16.6. The first-order valence-corrected chi connectivity index (χ1v) is 9.43. The predicted molar refractivity (Wildman–Crippen MR) is 105 cm³/mol. The van der Waals surface area contributed by atoms with Crippen LogP contribution in [0.5, 0.6) is 0 Å². The largest absolute Gasteiger partial charge is 0.349 e. The van der Waals surface area contributed by atoms with Crippen LogP contribution >= 0.6 is 0 Å². The van der Waals surface area contributed by atoms with Gasteiger partial charge in [-0.2, -0.15) is 5.10 Å². The van der Waals surface area contributed by atoms with Gasteiger partial charge in [-0.15, -0.1) is 0 Å². The lowest BCUT2D eigenvalue weighted by atomic mass is 9.95. The number of carbonyl (C=O) groups is 1. The summed E-state index contributed by atoms with van der Waals surface area (Å²) in [5, 5.41) is 17.9. The fraction of sp³-hybridized carbons (Fsp3) is 0.500. The highest BCUT2D eigenvalue weighted by Crippen LogP contribution is 2.23. The van der Waals surface area contributed by atoms with E-state index in [2.05, 4.69) is 48.5 Å². The fourth-order valence-electron chi connectivity index (χ4n) is 3.03. The topological polar surface area (TPSA) is 90.1 Å². The molecule has 0 aliphatic carbocycles. The molecule has 2 aromatic rings. The van der Waals surface area contributed by atoms with Gasteiger partial charge in [0, 0.05) is 6.42 Å². The van der Waals surface area contributed by atoms with Gasteiger partial charge in [-0.25, -0.2) is 0 Å². The van der Waals surface area contributed by atoms with Crippen molar-refractivity contribution in [3.8, 4) is 0 Å². The number of nitro groups is 1. The summed E-state index contributed by atoms with van der Waals surface area (Å²) in [4.78, 5) is 22.8. The molecule has 0 saturated heterocycles. The number of nitrogens with zero attached hydrogens (tertiary/aromatic N) is 3. The number of hydrogen-bond acceptors (Lipinski definition) is 4. The molecule has 2 rings (SSSR count). The summed E-state index contributed by atoms with van der Waals surface area (Å²) in [6.45, 7) is 8.36. The Morgan fingerprint density at radius 1 is 1.22 bits per heavy atom. The quantitative estimate of drug-likeness (QED) is 0.526. The summed E-state index contributed by atoms with van der Waals surface area (Å²) < 4.78 is 1.50. The Kier molecular flexibility index (Phi) is 7.10. The molecule has 1 aromatic heterocycles. The number of nitrogens with one attached hydrogen (secondary N) is 1. The molecular weight excluding hydrogens is 344 g/mol. The van der Waals surface area contributed by atoms with E-state index in [1.54, 1.807) is 6.92 Å². The SMILES string of the molecule is CCC(C)c1ccc(C(CC)NC(=O)CCn2ncc([N+](=O)[O-])c2C)cc1. The maximum atomic E-state index is 12.3. The second-order valence-electron chi connectivity index (χ2n) is 6.85. The van der Waals surface area contributed by atoms with E-state index >= 15 is 0 Å². The fourth-order valence-corrected chi connectivity index (χ4v) is 3.03. The average molecular weight is 372 g/mol. The van der Waals surface area contributed by atoms with Crippen LogP contribution in [0, 0.1) is 17.0 Å². The normalized spacial score (nSPS) is 13.2. The van der Waals surface area contributed by atoms with Crippen LogP contribution < -0.4 is 5.32 Å². The molecule has 1 heterocycles. The van der Waals surface area contributed by atoms with Gasteiger partial charge in [0.05, 0.1) is 17.5 Å². The second kappa shape index (κ2) is 9.30. The van der Waals surface area contributed by atoms with Gasteiger partial charge in [0.1, 0.15) is 11.9 Å². The minimum atomic E-state index is -0.463. The third-order valence-electron chi connectivity index (χ3n) is 5.09. The van der Waals surface area contributed by atoms with Gasteiger partial charge in [-0.3, -0.25) is 19.6 Å². The number of amides is 1. The van der Waals surface area contributed by atoms with Crippen LogP contribution in [-0.4, -0.2) is 20.6 Å². The Bertz CT molecular complexity index is 783. The van der Waals surface area contributed by atoms with E-state index in [0.29, 0.717) is 18.2 Å². The van der Waals surface area contributed by atoms with Crippen molar-refractivity contribution in [1.82, 2.24) is 15.1 Å². The van der Waals surface area contributed by atoms with E-state index < -0.39 is 4.92 Å². The Morgan fingerprint density at radius 3 is 2.37 bits per heavy atom. The molecule has 27 heavy (non-hydrogen) atoms. The first-order valence-electron chi connectivity index (χ1n) is 9.43. The standard InChI is InChI=1S/C20H28N4O3/c1-5-14(3)16-7-9-17(10-8-16)18(6-2)22-20(25)11-12-23-15(4)19(13-21-23)24(26)27/h7-10,13-14,18H,5-6,11-12H2,1-4H3,(H,22,25). The number of hydrogen-bond donors (Lipinski definition) is 1. The van der Waals surface area contributed by atoms with Gasteiger partial charge in [0.15, 0.2) is 0 Å². The molecule has 1 aromatic carbocycles. The maximum Gasteiger partial charge on any atom is 0.309 e. The van der Waals surface area contributed by atoms with Crippen molar-refractivity contribution in [2.75, 3.05) is 0 Å². The number of carbonyl (C=O) groups excluding carboxylic acids is 1. The summed E-state index contributed by atoms with van der Waals surface area (Å²) in [5.41, 5.74) is 2.82. The van der Waals surface area contributed by atoms with Crippen molar-refractivity contribution in [3.63, 3.8) is 0 Å².